The average molecular weight is 388 g/mol. The number of unbranched alkanes of at least 4 members (excludes halogenated alkanes) is 1. The number of hydrogen-bond acceptors (Lipinski definition) is 3. The number of thiophene rings is 1. The van der Waals surface area contributed by atoms with Crippen molar-refractivity contribution in [3.8, 4) is 0 Å². The van der Waals surface area contributed by atoms with Crippen LogP contribution in [-0.4, -0.2) is 8.42 Å². The summed E-state index contributed by atoms with van der Waals surface area (Å²) in [6.07, 6.45) is 3.33. The summed E-state index contributed by atoms with van der Waals surface area (Å²) in [7, 11) is -3.51. The maximum atomic E-state index is 12.3. The standard InChI is InChI=1S/C15H18BrNO2S2/c1-3-4-5-12-6-7-13(11(2)10-12)17-21(18,19)15-9-8-14(16)20-15/h6-10,17H,3-5H2,1-2H3. The van der Waals surface area contributed by atoms with Crippen molar-refractivity contribution in [2.75, 3.05) is 4.72 Å². The maximum absolute atomic E-state index is 12.3. The van der Waals surface area contributed by atoms with Crippen molar-refractivity contribution in [3.63, 3.8) is 0 Å². The molecule has 1 aromatic heterocycles. The highest BCUT2D eigenvalue weighted by molar-refractivity contribution is 9.11. The number of anilines is 1. The maximum Gasteiger partial charge on any atom is 0.271 e. The first-order valence-electron chi connectivity index (χ1n) is 6.80. The Morgan fingerprint density at radius 2 is 2.00 bits per heavy atom. The number of rotatable bonds is 6. The topological polar surface area (TPSA) is 46.2 Å². The lowest BCUT2D eigenvalue weighted by atomic mass is 10.1. The highest BCUT2D eigenvalue weighted by Gasteiger charge is 2.17. The van der Waals surface area contributed by atoms with Crippen molar-refractivity contribution in [2.24, 2.45) is 0 Å². The van der Waals surface area contributed by atoms with Crippen LogP contribution in [0, 0.1) is 6.92 Å². The zero-order valence-electron chi connectivity index (χ0n) is 12.0. The van der Waals surface area contributed by atoms with Gasteiger partial charge in [0.2, 0.25) is 0 Å². The van der Waals surface area contributed by atoms with Gasteiger partial charge in [0.25, 0.3) is 10.0 Å². The van der Waals surface area contributed by atoms with Crippen LogP contribution in [0.1, 0.15) is 30.9 Å². The lowest BCUT2D eigenvalue weighted by Gasteiger charge is -2.11. The van der Waals surface area contributed by atoms with E-state index in [9.17, 15) is 8.42 Å². The Morgan fingerprint density at radius 1 is 1.24 bits per heavy atom. The van der Waals surface area contributed by atoms with Gasteiger partial charge in [-0.3, -0.25) is 4.72 Å². The largest absolute Gasteiger partial charge is 0.279 e. The van der Waals surface area contributed by atoms with Crippen LogP contribution in [0.5, 0.6) is 0 Å². The molecule has 1 aromatic carbocycles. The van der Waals surface area contributed by atoms with Crippen molar-refractivity contribution in [1.82, 2.24) is 0 Å². The van der Waals surface area contributed by atoms with Gasteiger partial charge in [-0.1, -0.05) is 25.5 Å². The third kappa shape index (κ3) is 4.31. The molecule has 0 aliphatic rings. The van der Waals surface area contributed by atoms with E-state index in [1.165, 1.54) is 16.9 Å². The Morgan fingerprint density at radius 3 is 2.57 bits per heavy atom. The van der Waals surface area contributed by atoms with Crippen LogP contribution in [0.25, 0.3) is 0 Å². The number of aryl methyl sites for hydroxylation is 2. The van der Waals surface area contributed by atoms with E-state index in [1.54, 1.807) is 12.1 Å². The first kappa shape index (κ1) is 16.5. The molecule has 0 saturated carbocycles. The molecule has 1 N–H and O–H groups in total. The quantitative estimate of drug-likeness (QED) is 0.760. The molecule has 0 aliphatic heterocycles. The van der Waals surface area contributed by atoms with E-state index in [0.717, 1.165) is 28.6 Å². The molecule has 3 nitrogen and oxygen atoms in total. The molecule has 0 aliphatic carbocycles. The molecular weight excluding hydrogens is 370 g/mol. The predicted molar refractivity (Wildman–Crippen MR) is 92.6 cm³/mol. The monoisotopic (exact) mass is 387 g/mol. The highest BCUT2D eigenvalue weighted by atomic mass is 79.9. The summed E-state index contributed by atoms with van der Waals surface area (Å²) in [5.41, 5.74) is 2.83. The van der Waals surface area contributed by atoms with Crippen LogP contribution >= 0.6 is 27.3 Å². The van der Waals surface area contributed by atoms with Crippen LogP contribution in [0.15, 0.2) is 38.3 Å². The lowest BCUT2D eigenvalue weighted by Crippen LogP contribution is -2.12. The Bertz CT molecular complexity index is 723. The van der Waals surface area contributed by atoms with Gasteiger partial charge in [0.1, 0.15) is 4.21 Å². The molecule has 0 atom stereocenters. The van der Waals surface area contributed by atoms with E-state index in [1.807, 2.05) is 19.1 Å². The van der Waals surface area contributed by atoms with Crippen molar-refractivity contribution in [2.45, 2.75) is 37.3 Å². The molecule has 0 spiro atoms. The molecule has 2 aromatic rings. The molecule has 21 heavy (non-hydrogen) atoms. The smallest absolute Gasteiger partial charge is 0.271 e. The Hall–Kier alpha value is -0.850. The summed E-state index contributed by atoms with van der Waals surface area (Å²) in [4.78, 5) is 0. The fraction of sp³-hybridized carbons (Fsp3) is 0.333. The molecule has 2 rings (SSSR count). The van der Waals surface area contributed by atoms with Gasteiger partial charge >= 0.3 is 0 Å². The van der Waals surface area contributed by atoms with Gasteiger partial charge < -0.3 is 0 Å². The zero-order chi connectivity index (χ0) is 15.5. The zero-order valence-corrected chi connectivity index (χ0v) is 15.2. The summed E-state index contributed by atoms with van der Waals surface area (Å²) >= 11 is 4.48. The second-order valence-corrected chi connectivity index (χ2v) is 9.29. The first-order valence-corrected chi connectivity index (χ1v) is 9.89. The second kappa shape index (κ2) is 6.94. The lowest BCUT2D eigenvalue weighted by molar-refractivity contribution is 0.603. The minimum atomic E-state index is -3.51. The summed E-state index contributed by atoms with van der Waals surface area (Å²) in [6.45, 7) is 4.09. The van der Waals surface area contributed by atoms with E-state index in [4.69, 9.17) is 0 Å². The van der Waals surface area contributed by atoms with Crippen molar-refractivity contribution >= 4 is 43.0 Å². The van der Waals surface area contributed by atoms with E-state index in [0.29, 0.717) is 9.90 Å². The predicted octanol–water partition coefficient (Wildman–Crippen LogP) is 4.96. The molecule has 0 unspecified atom stereocenters. The number of sulfonamides is 1. The van der Waals surface area contributed by atoms with Crippen LogP contribution < -0.4 is 4.72 Å². The van der Waals surface area contributed by atoms with E-state index in [2.05, 4.69) is 33.6 Å². The van der Waals surface area contributed by atoms with Gasteiger partial charge in [0.05, 0.1) is 9.47 Å². The van der Waals surface area contributed by atoms with E-state index in [-0.39, 0.29) is 0 Å². The van der Waals surface area contributed by atoms with Crippen LogP contribution in [0.3, 0.4) is 0 Å². The molecule has 0 amide bonds. The van der Waals surface area contributed by atoms with Crippen LogP contribution in [-0.2, 0) is 16.4 Å². The van der Waals surface area contributed by atoms with Crippen molar-refractivity contribution < 1.29 is 8.42 Å². The fourth-order valence-electron chi connectivity index (χ4n) is 2.01. The van der Waals surface area contributed by atoms with Gasteiger partial charge in [-0.05, 0) is 65.0 Å². The molecule has 114 valence electrons. The SMILES string of the molecule is CCCCc1ccc(NS(=O)(=O)c2ccc(Br)s2)c(C)c1. The molecule has 0 saturated heterocycles. The van der Waals surface area contributed by atoms with Crippen molar-refractivity contribution in [1.29, 1.82) is 0 Å². The Balaban J connectivity index is 2.19. The number of hydrogen-bond donors (Lipinski definition) is 1. The van der Waals surface area contributed by atoms with E-state index < -0.39 is 10.0 Å². The van der Waals surface area contributed by atoms with E-state index >= 15 is 0 Å². The summed E-state index contributed by atoms with van der Waals surface area (Å²) in [6, 6.07) is 9.23. The first-order chi connectivity index (χ1) is 9.92. The molecule has 0 bridgehead atoms. The Kier molecular flexibility index (Phi) is 5.46. The number of nitrogens with one attached hydrogen (secondary N) is 1. The molecule has 0 fully saturated rings. The number of benzene rings is 1. The Labute approximate surface area is 138 Å². The van der Waals surface area contributed by atoms with Crippen LogP contribution in [0.4, 0.5) is 5.69 Å². The highest BCUT2D eigenvalue weighted by Crippen LogP contribution is 2.28. The van der Waals surface area contributed by atoms with Crippen molar-refractivity contribution in [3.05, 3.63) is 45.2 Å². The van der Waals surface area contributed by atoms with Gasteiger partial charge in [-0.2, -0.15) is 0 Å². The van der Waals surface area contributed by atoms with Gasteiger partial charge in [-0.15, -0.1) is 11.3 Å². The minimum absolute atomic E-state index is 0.309. The third-order valence-corrected chi connectivity index (χ3v) is 6.65. The second-order valence-electron chi connectivity index (χ2n) is 4.92. The van der Waals surface area contributed by atoms with Gasteiger partial charge in [-0.25, -0.2) is 8.42 Å². The summed E-state index contributed by atoms with van der Waals surface area (Å²) < 4.78 is 28.4. The minimum Gasteiger partial charge on any atom is -0.279 e. The summed E-state index contributed by atoms with van der Waals surface area (Å²) in [5, 5.41) is 0. The molecule has 0 radical (unpaired) electrons. The molecule has 1 heterocycles. The summed E-state index contributed by atoms with van der Waals surface area (Å²) in [5.74, 6) is 0. The van der Waals surface area contributed by atoms with Gasteiger partial charge in [0.15, 0.2) is 0 Å². The number of halogens is 1. The van der Waals surface area contributed by atoms with Crippen LogP contribution in [0.2, 0.25) is 0 Å². The molecular formula is C15H18BrNO2S2. The fourth-order valence-corrected chi connectivity index (χ4v) is 5.15. The normalized spacial score (nSPS) is 11.6. The average Bonchev–Trinajstić information content (AvgIpc) is 2.86. The molecule has 6 heteroatoms. The van der Waals surface area contributed by atoms with Gasteiger partial charge in [0, 0.05) is 0 Å². The third-order valence-electron chi connectivity index (χ3n) is 3.17.